The molecule has 11 nitrogen and oxygen atoms in total. The summed E-state index contributed by atoms with van der Waals surface area (Å²) < 4.78 is 7.30. The number of aliphatic hydroxyl groups is 2. The highest BCUT2D eigenvalue weighted by Crippen LogP contribution is 2.33. The van der Waals surface area contributed by atoms with Crippen LogP contribution in [0.2, 0.25) is 0 Å². The predicted octanol–water partition coefficient (Wildman–Crippen LogP) is -1.000. The number of hydrogen-bond donors (Lipinski definition) is 5. The van der Waals surface area contributed by atoms with E-state index in [0.29, 0.717) is 24.0 Å². The summed E-state index contributed by atoms with van der Waals surface area (Å²) in [6.07, 6.45) is 0.0433. The summed E-state index contributed by atoms with van der Waals surface area (Å²) in [4.78, 5) is 22.6. The Kier molecular flexibility index (Phi) is 5.32. The van der Waals surface area contributed by atoms with E-state index >= 15 is 0 Å². The lowest BCUT2D eigenvalue weighted by Crippen LogP contribution is -2.35. The van der Waals surface area contributed by atoms with Gasteiger partial charge in [-0.1, -0.05) is 0 Å². The average Bonchev–Trinajstić information content (AvgIpc) is 3.12. The summed E-state index contributed by atoms with van der Waals surface area (Å²) in [5, 5.41) is 29.3. The van der Waals surface area contributed by atoms with Crippen LogP contribution in [0.4, 0.5) is 5.82 Å². The number of carboxylic acids is 1. The molecule has 0 amide bonds. The molecule has 1 aliphatic heterocycles. The van der Waals surface area contributed by atoms with E-state index in [4.69, 9.17) is 21.3 Å². The summed E-state index contributed by atoms with van der Waals surface area (Å²) in [6, 6.07) is -0.350. The third-order valence-electron chi connectivity index (χ3n) is 4.50. The third kappa shape index (κ3) is 3.60. The van der Waals surface area contributed by atoms with Crippen molar-refractivity contribution in [3.63, 3.8) is 0 Å². The number of carboxylic acid groups (broad SMARTS) is 1. The maximum absolute atomic E-state index is 10.6. The van der Waals surface area contributed by atoms with Crippen LogP contribution in [0.25, 0.3) is 11.2 Å². The fraction of sp³-hybridized carbons (Fsp3) is 0.600. The SMILES string of the molecule is Nc1ncnc2c1ncn2C1OC(CC(N)CCCC(=O)O)C(O)C1O. The zero-order valence-electron chi connectivity index (χ0n) is 14.0. The monoisotopic (exact) mass is 366 g/mol. The second kappa shape index (κ2) is 7.50. The van der Waals surface area contributed by atoms with Crippen LogP contribution in [0.15, 0.2) is 12.7 Å². The standard InChI is InChI=1S/C15H22N6O5/c16-7(2-1-3-9(22)23)4-8-11(24)12(25)15(26-8)21-6-20-10-13(17)18-5-19-14(10)21/h5-8,11-12,15,24-25H,1-4,16H2,(H,22,23)(H2,17,18,19). The number of aliphatic hydroxyl groups excluding tert-OH is 2. The number of aliphatic carboxylic acids is 1. The first-order valence-corrected chi connectivity index (χ1v) is 8.30. The summed E-state index contributed by atoms with van der Waals surface area (Å²) >= 11 is 0. The van der Waals surface area contributed by atoms with Crippen LogP contribution in [0.3, 0.4) is 0 Å². The Bertz CT molecular complexity index is 783. The molecule has 0 radical (unpaired) electrons. The summed E-state index contributed by atoms with van der Waals surface area (Å²) in [7, 11) is 0. The van der Waals surface area contributed by atoms with Crippen molar-refractivity contribution in [1.82, 2.24) is 19.5 Å². The lowest BCUT2D eigenvalue weighted by Gasteiger charge is -2.19. The lowest BCUT2D eigenvalue weighted by molar-refractivity contribution is -0.137. The van der Waals surface area contributed by atoms with Crippen molar-refractivity contribution >= 4 is 23.0 Å². The van der Waals surface area contributed by atoms with E-state index < -0.39 is 30.5 Å². The zero-order chi connectivity index (χ0) is 18.8. The fourth-order valence-electron chi connectivity index (χ4n) is 3.14. The molecule has 2 aromatic heterocycles. The van der Waals surface area contributed by atoms with Gasteiger partial charge in [0.15, 0.2) is 17.7 Å². The Labute approximate surface area is 148 Å². The second-order valence-electron chi connectivity index (χ2n) is 6.41. The van der Waals surface area contributed by atoms with Crippen molar-refractivity contribution in [3.05, 3.63) is 12.7 Å². The van der Waals surface area contributed by atoms with E-state index in [0.717, 1.165) is 0 Å². The number of nitrogen functional groups attached to an aromatic ring is 1. The second-order valence-corrected chi connectivity index (χ2v) is 6.41. The van der Waals surface area contributed by atoms with Gasteiger partial charge in [-0.3, -0.25) is 9.36 Å². The van der Waals surface area contributed by atoms with Gasteiger partial charge < -0.3 is 31.5 Å². The Hall–Kier alpha value is -2.34. The lowest BCUT2D eigenvalue weighted by atomic mass is 10.00. The first-order valence-electron chi connectivity index (χ1n) is 8.30. The van der Waals surface area contributed by atoms with Gasteiger partial charge in [0.05, 0.1) is 12.4 Å². The molecule has 1 saturated heterocycles. The van der Waals surface area contributed by atoms with Crippen LogP contribution in [0.1, 0.15) is 31.9 Å². The normalized spacial score (nSPS) is 27.0. The van der Waals surface area contributed by atoms with Crippen LogP contribution >= 0.6 is 0 Å². The van der Waals surface area contributed by atoms with E-state index in [9.17, 15) is 15.0 Å². The highest BCUT2D eigenvalue weighted by atomic mass is 16.6. The van der Waals surface area contributed by atoms with E-state index in [-0.39, 0.29) is 24.7 Å². The minimum atomic E-state index is -1.19. The van der Waals surface area contributed by atoms with Gasteiger partial charge in [0, 0.05) is 12.5 Å². The van der Waals surface area contributed by atoms with E-state index in [2.05, 4.69) is 15.0 Å². The fourth-order valence-corrected chi connectivity index (χ4v) is 3.14. The van der Waals surface area contributed by atoms with Crippen molar-refractivity contribution < 1.29 is 24.9 Å². The van der Waals surface area contributed by atoms with Gasteiger partial charge in [-0.15, -0.1) is 0 Å². The molecule has 0 aromatic carbocycles. The Morgan fingerprint density at radius 1 is 1.31 bits per heavy atom. The molecular formula is C15H22N6O5. The molecule has 3 rings (SSSR count). The zero-order valence-corrected chi connectivity index (χ0v) is 14.0. The molecule has 142 valence electrons. The number of rotatable bonds is 7. The summed E-state index contributed by atoms with van der Waals surface area (Å²) in [5.74, 6) is -0.670. The molecule has 11 heteroatoms. The Morgan fingerprint density at radius 3 is 2.81 bits per heavy atom. The maximum atomic E-state index is 10.6. The molecule has 1 fully saturated rings. The van der Waals surface area contributed by atoms with Gasteiger partial charge in [0.1, 0.15) is 24.1 Å². The Morgan fingerprint density at radius 2 is 2.08 bits per heavy atom. The highest BCUT2D eigenvalue weighted by Gasteiger charge is 2.44. The van der Waals surface area contributed by atoms with Crippen LogP contribution in [-0.4, -0.2) is 65.2 Å². The smallest absolute Gasteiger partial charge is 0.303 e. The van der Waals surface area contributed by atoms with Gasteiger partial charge in [-0.2, -0.15) is 0 Å². The number of ether oxygens (including phenoxy) is 1. The molecule has 2 aromatic rings. The first-order chi connectivity index (χ1) is 12.4. The van der Waals surface area contributed by atoms with Crippen molar-refractivity contribution in [3.8, 4) is 0 Å². The van der Waals surface area contributed by atoms with Gasteiger partial charge in [0.25, 0.3) is 0 Å². The van der Waals surface area contributed by atoms with Crippen LogP contribution in [0, 0.1) is 0 Å². The number of nitrogens with two attached hydrogens (primary N) is 2. The van der Waals surface area contributed by atoms with Crippen molar-refractivity contribution in [2.45, 2.75) is 56.3 Å². The van der Waals surface area contributed by atoms with E-state index in [1.165, 1.54) is 17.2 Å². The van der Waals surface area contributed by atoms with Gasteiger partial charge in [-0.05, 0) is 19.3 Å². The number of carbonyl (C=O) groups is 1. The average molecular weight is 366 g/mol. The molecule has 3 heterocycles. The molecule has 0 saturated carbocycles. The third-order valence-corrected chi connectivity index (χ3v) is 4.50. The molecule has 1 aliphatic rings. The van der Waals surface area contributed by atoms with E-state index in [1.54, 1.807) is 0 Å². The molecule has 7 N–H and O–H groups in total. The number of imidazole rings is 1. The first kappa shape index (κ1) is 18.5. The minimum absolute atomic E-state index is 0.0369. The minimum Gasteiger partial charge on any atom is -0.481 e. The van der Waals surface area contributed by atoms with Crippen molar-refractivity contribution in [1.29, 1.82) is 0 Å². The van der Waals surface area contributed by atoms with Crippen LogP contribution in [-0.2, 0) is 9.53 Å². The summed E-state index contributed by atoms with van der Waals surface area (Å²) in [6.45, 7) is 0. The highest BCUT2D eigenvalue weighted by molar-refractivity contribution is 5.81. The van der Waals surface area contributed by atoms with Crippen molar-refractivity contribution in [2.24, 2.45) is 5.73 Å². The quantitative estimate of drug-likeness (QED) is 0.407. The number of anilines is 1. The molecule has 0 bridgehead atoms. The number of aromatic nitrogens is 4. The number of nitrogens with zero attached hydrogens (tertiary/aromatic N) is 4. The maximum Gasteiger partial charge on any atom is 0.303 e. The molecular weight excluding hydrogens is 344 g/mol. The summed E-state index contributed by atoms with van der Waals surface area (Å²) in [5.41, 5.74) is 12.5. The van der Waals surface area contributed by atoms with Crippen molar-refractivity contribution in [2.75, 3.05) is 5.73 Å². The number of hydrogen-bond acceptors (Lipinski definition) is 9. The van der Waals surface area contributed by atoms with Gasteiger partial charge >= 0.3 is 5.97 Å². The molecule has 5 atom stereocenters. The Balaban J connectivity index is 1.69. The molecule has 5 unspecified atom stereocenters. The molecule has 26 heavy (non-hydrogen) atoms. The predicted molar refractivity (Wildman–Crippen MR) is 89.7 cm³/mol. The van der Waals surface area contributed by atoms with E-state index in [1.807, 2.05) is 0 Å². The van der Waals surface area contributed by atoms with Crippen LogP contribution in [0.5, 0.6) is 0 Å². The van der Waals surface area contributed by atoms with Gasteiger partial charge in [0.2, 0.25) is 0 Å². The number of fused-ring (bicyclic) bond motifs is 1. The topological polar surface area (TPSA) is 183 Å². The molecule has 0 aliphatic carbocycles. The van der Waals surface area contributed by atoms with Gasteiger partial charge in [-0.25, -0.2) is 15.0 Å². The molecule has 0 spiro atoms. The largest absolute Gasteiger partial charge is 0.481 e. The van der Waals surface area contributed by atoms with Crippen LogP contribution < -0.4 is 11.5 Å².